The molecular weight excluding hydrogens is 388 g/mol. The molecule has 8 heteroatoms. The average molecular weight is 413 g/mol. The summed E-state index contributed by atoms with van der Waals surface area (Å²) in [7, 11) is 0. The van der Waals surface area contributed by atoms with E-state index < -0.39 is 0 Å². The lowest BCUT2D eigenvalue weighted by Gasteiger charge is -2.28. The Kier molecular flexibility index (Phi) is 6.77. The molecule has 1 heterocycles. The maximum absolute atomic E-state index is 12.2. The highest BCUT2D eigenvalue weighted by Crippen LogP contribution is 2.34. The predicted molar refractivity (Wildman–Crippen MR) is 115 cm³/mol. The quantitative estimate of drug-likeness (QED) is 0.634. The van der Waals surface area contributed by atoms with Crippen molar-refractivity contribution in [1.29, 1.82) is 0 Å². The molecule has 0 fully saturated rings. The second-order valence-corrected chi connectivity index (χ2v) is 7.84. The molecule has 0 bridgehead atoms. The Morgan fingerprint density at radius 1 is 1.07 bits per heavy atom. The summed E-state index contributed by atoms with van der Waals surface area (Å²) in [6.45, 7) is 4.28. The molecule has 0 aromatic heterocycles. The molecule has 3 N–H and O–H groups in total. The zero-order valence-corrected chi connectivity index (χ0v) is 17.3. The number of hydrogen-bond donors (Lipinski definition) is 3. The fourth-order valence-electron chi connectivity index (χ4n) is 3.05. The predicted octanol–water partition coefficient (Wildman–Crippen LogP) is 2.39. The van der Waals surface area contributed by atoms with Crippen LogP contribution in [0.15, 0.2) is 47.4 Å². The smallest absolute Gasteiger partial charge is 0.257 e. The molecule has 7 nitrogen and oxygen atoms in total. The maximum Gasteiger partial charge on any atom is 0.257 e. The first kappa shape index (κ1) is 20.7. The summed E-state index contributed by atoms with van der Waals surface area (Å²) in [5, 5.41) is 3.05. The van der Waals surface area contributed by atoms with Crippen molar-refractivity contribution in [3.8, 4) is 0 Å². The Morgan fingerprint density at radius 2 is 1.83 bits per heavy atom. The molecule has 3 rings (SSSR count). The van der Waals surface area contributed by atoms with Crippen LogP contribution in [0.2, 0.25) is 0 Å². The van der Waals surface area contributed by atoms with Gasteiger partial charge >= 0.3 is 0 Å². The van der Waals surface area contributed by atoms with Gasteiger partial charge in [-0.1, -0.05) is 29.8 Å². The van der Waals surface area contributed by atoms with Gasteiger partial charge < -0.3 is 10.2 Å². The minimum atomic E-state index is -0.353. The second kappa shape index (κ2) is 9.47. The Hall–Kier alpha value is -3.00. The third kappa shape index (κ3) is 5.51. The highest BCUT2D eigenvalue weighted by atomic mass is 32.2. The van der Waals surface area contributed by atoms with Crippen LogP contribution in [-0.4, -0.2) is 36.6 Å². The van der Waals surface area contributed by atoms with E-state index in [1.807, 2.05) is 56.3 Å². The maximum atomic E-state index is 12.2. The summed E-state index contributed by atoms with van der Waals surface area (Å²) in [6, 6.07) is 13.5. The van der Waals surface area contributed by atoms with Gasteiger partial charge in [0, 0.05) is 23.5 Å². The van der Waals surface area contributed by atoms with Gasteiger partial charge in [-0.2, -0.15) is 0 Å². The molecule has 152 valence electrons. The molecular formula is C21H24N4O3S. The van der Waals surface area contributed by atoms with E-state index in [0.717, 1.165) is 27.4 Å². The molecule has 2 aromatic rings. The first-order chi connectivity index (χ1) is 13.9. The monoisotopic (exact) mass is 412 g/mol. The van der Waals surface area contributed by atoms with Gasteiger partial charge in [0.25, 0.3) is 5.91 Å². The van der Waals surface area contributed by atoms with Crippen LogP contribution in [0.1, 0.15) is 17.5 Å². The Balaban J connectivity index is 1.43. The fourth-order valence-corrected chi connectivity index (χ4v) is 3.98. The lowest BCUT2D eigenvalue weighted by atomic mass is 10.1. The van der Waals surface area contributed by atoms with Crippen molar-refractivity contribution in [2.24, 2.45) is 0 Å². The summed E-state index contributed by atoms with van der Waals surface area (Å²) in [4.78, 5) is 38.9. The number of hydrogen-bond acceptors (Lipinski definition) is 5. The minimum Gasteiger partial charge on any atom is -0.376 e. The van der Waals surface area contributed by atoms with E-state index in [1.165, 1.54) is 11.8 Å². The molecule has 0 saturated carbocycles. The number of hydrazine groups is 1. The topological polar surface area (TPSA) is 90.5 Å². The third-order valence-electron chi connectivity index (χ3n) is 4.53. The van der Waals surface area contributed by atoms with Crippen LogP contribution < -0.4 is 21.1 Å². The number of fused-ring (bicyclic) bond motifs is 1. The molecule has 0 atom stereocenters. The van der Waals surface area contributed by atoms with Crippen molar-refractivity contribution in [3.05, 3.63) is 53.6 Å². The lowest BCUT2D eigenvalue weighted by molar-refractivity contribution is -0.128. The van der Waals surface area contributed by atoms with E-state index in [4.69, 9.17) is 0 Å². The highest BCUT2D eigenvalue weighted by Gasteiger charge is 2.24. The van der Waals surface area contributed by atoms with Crippen LogP contribution in [0.4, 0.5) is 11.4 Å². The molecule has 1 aliphatic heterocycles. The SMILES string of the molecule is Cc1ccc(NCC(=O)NNC(=O)CCN2C(=O)CSc3ccccc32)c(C)c1. The summed E-state index contributed by atoms with van der Waals surface area (Å²) in [5.41, 5.74) is 8.69. The lowest BCUT2D eigenvalue weighted by Crippen LogP contribution is -2.45. The number of carbonyl (C=O) groups excluding carboxylic acids is 3. The number of anilines is 2. The van der Waals surface area contributed by atoms with E-state index in [9.17, 15) is 14.4 Å². The Morgan fingerprint density at radius 3 is 2.62 bits per heavy atom. The standard InChI is InChI=1S/C21H24N4O3S/c1-14-7-8-16(15(2)11-14)22-12-20(27)24-23-19(26)9-10-25-17-5-3-4-6-18(17)29-13-21(25)28/h3-8,11,22H,9-10,12-13H2,1-2H3,(H,23,26)(H,24,27). The van der Waals surface area contributed by atoms with Gasteiger partial charge in [0.2, 0.25) is 11.8 Å². The Labute approximate surface area is 174 Å². The number of amides is 3. The van der Waals surface area contributed by atoms with Crippen LogP contribution in [0, 0.1) is 13.8 Å². The Bertz CT molecular complexity index is 932. The number of benzene rings is 2. The van der Waals surface area contributed by atoms with Gasteiger partial charge in [-0.25, -0.2) is 0 Å². The van der Waals surface area contributed by atoms with Gasteiger partial charge in [-0.05, 0) is 37.6 Å². The second-order valence-electron chi connectivity index (χ2n) is 6.82. The van der Waals surface area contributed by atoms with E-state index >= 15 is 0 Å². The molecule has 29 heavy (non-hydrogen) atoms. The van der Waals surface area contributed by atoms with E-state index in [-0.39, 0.29) is 37.2 Å². The van der Waals surface area contributed by atoms with Crippen molar-refractivity contribution < 1.29 is 14.4 Å². The first-order valence-electron chi connectivity index (χ1n) is 9.35. The van der Waals surface area contributed by atoms with Gasteiger partial charge in [0.1, 0.15) is 0 Å². The summed E-state index contributed by atoms with van der Waals surface area (Å²) < 4.78 is 0. The first-order valence-corrected chi connectivity index (χ1v) is 10.3. The number of nitrogens with one attached hydrogen (secondary N) is 3. The fraction of sp³-hybridized carbons (Fsp3) is 0.286. The molecule has 3 amide bonds. The van der Waals surface area contributed by atoms with Gasteiger partial charge in [-0.15, -0.1) is 11.8 Å². The third-order valence-corrected chi connectivity index (χ3v) is 5.58. The van der Waals surface area contributed by atoms with E-state index in [2.05, 4.69) is 16.2 Å². The highest BCUT2D eigenvalue weighted by molar-refractivity contribution is 8.00. The van der Waals surface area contributed by atoms with E-state index in [1.54, 1.807) is 4.90 Å². The van der Waals surface area contributed by atoms with Crippen molar-refractivity contribution in [3.63, 3.8) is 0 Å². The molecule has 0 unspecified atom stereocenters. The number of carbonyl (C=O) groups is 3. The zero-order chi connectivity index (χ0) is 20.8. The zero-order valence-electron chi connectivity index (χ0n) is 16.5. The summed E-state index contributed by atoms with van der Waals surface area (Å²) >= 11 is 1.50. The number of para-hydroxylation sites is 1. The van der Waals surface area contributed by atoms with Crippen molar-refractivity contribution in [2.75, 3.05) is 29.1 Å². The average Bonchev–Trinajstić information content (AvgIpc) is 2.71. The van der Waals surface area contributed by atoms with Gasteiger partial charge in [0.15, 0.2) is 0 Å². The van der Waals surface area contributed by atoms with Crippen LogP contribution in [0.25, 0.3) is 0 Å². The van der Waals surface area contributed by atoms with Crippen LogP contribution in [0.5, 0.6) is 0 Å². The number of rotatable bonds is 6. The number of thioether (sulfide) groups is 1. The van der Waals surface area contributed by atoms with Crippen molar-refractivity contribution in [1.82, 2.24) is 10.9 Å². The normalized spacial score (nSPS) is 12.9. The summed E-state index contributed by atoms with van der Waals surface area (Å²) in [5.74, 6) is -0.370. The number of nitrogens with zero attached hydrogens (tertiary/aromatic N) is 1. The minimum absolute atomic E-state index is 0.0248. The van der Waals surface area contributed by atoms with Crippen LogP contribution in [-0.2, 0) is 14.4 Å². The molecule has 0 spiro atoms. The molecule has 0 saturated heterocycles. The largest absolute Gasteiger partial charge is 0.376 e. The van der Waals surface area contributed by atoms with Gasteiger partial charge in [-0.3, -0.25) is 25.2 Å². The molecule has 2 aromatic carbocycles. The van der Waals surface area contributed by atoms with Crippen molar-refractivity contribution in [2.45, 2.75) is 25.2 Å². The van der Waals surface area contributed by atoms with Crippen molar-refractivity contribution >= 4 is 40.9 Å². The van der Waals surface area contributed by atoms with Crippen LogP contribution in [0.3, 0.4) is 0 Å². The van der Waals surface area contributed by atoms with Crippen LogP contribution >= 0.6 is 11.8 Å². The molecule has 0 aliphatic carbocycles. The molecule has 1 aliphatic rings. The summed E-state index contributed by atoms with van der Waals surface area (Å²) in [6.07, 6.45) is 0.0928. The number of aryl methyl sites for hydroxylation is 2. The van der Waals surface area contributed by atoms with Gasteiger partial charge in [0.05, 0.1) is 18.0 Å². The van der Waals surface area contributed by atoms with E-state index in [0.29, 0.717) is 5.75 Å². The molecule has 0 radical (unpaired) electrons.